The molecule has 1 unspecified atom stereocenters. The van der Waals surface area contributed by atoms with Crippen molar-refractivity contribution in [3.05, 3.63) is 39.6 Å². The highest BCUT2D eigenvalue weighted by atomic mass is 79.9. The summed E-state index contributed by atoms with van der Waals surface area (Å²) < 4.78 is 6.26. The molecule has 0 saturated carbocycles. The molecule has 0 aromatic heterocycles. The molecule has 2 heterocycles. The van der Waals surface area contributed by atoms with Gasteiger partial charge in [0.05, 0.1) is 6.61 Å². The van der Waals surface area contributed by atoms with Crippen LogP contribution in [-0.2, 0) is 16.0 Å². The third-order valence-electron chi connectivity index (χ3n) is 4.34. The number of carbonyl (C=O) groups excluding carboxylic acids is 1. The second-order valence-corrected chi connectivity index (χ2v) is 6.72. The van der Waals surface area contributed by atoms with Crippen molar-refractivity contribution < 1.29 is 9.53 Å². The number of allylic oxidation sites excluding steroid dienone is 1. The Labute approximate surface area is 139 Å². The fourth-order valence-electron chi connectivity index (χ4n) is 3.25. The molecule has 118 valence electrons. The average Bonchev–Trinajstić information content (AvgIpc) is 2.71. The summed E-state index contributed by atoms with van der Waals surface area (Å²) in [5.74, 6) is 0.922. The number of hydrogen-bond donors (Lipinski definition) is 1. The number of fused-ring (bicyclic) bond motifs is 1. The molecule has 1 N–H and O–H groups in total. The van der Waals surface area contributed by atoms with E-state index in [4.69, 9.17) is 4.74 Å². The predicted octanol–water partition coefficient (Wildman–Crippen LogP) is 3.36. The van der Waals surface area contributed by atoms with Crippen LogP contribution in [0.25, 0.3) is 0 Å². The summed E-state index contributed by atoms with van der Waals surface area (Å²) in [6.07, 6.45) is 3.80. The smallest absolute Gasteiger partial charge is 0.328 e. The van der Waals surface area contributed by atoms with Crippen LogP contribution in [0.5, 0.6) is 0 Å². The quantitative estimate of drug-likeness (QED) is 0.817. The average molecular weight is 365 g/mol. The highest BCUT2D eigenvalue weighted by Gasteiger charge is 2.30. The lowest BCUT2D eigenvalue weighted by Crippen LogP contribution is -2.42. The second-order valence-electron chi connectivity index (χ2n) is 5.80. The Balaban J connectivity index is 1.89. The van der Waals surface area contributed by atoms with Gasteiger partial charge in [0.2, 0.25) is 0 Å². The van der Waals surface area contributed by atoms with Gasteiger partial charge in [0.15, 0.2) is 0 Å². The van der Waals surface area contributed by atoms with Gasteiger partial charge in [-0.3, -0.25) is 0 Å². The first-order valence-corrected chi connectivity index (χ1v) is 8.56. The van der Waals surface area contributed by atoms with Crippen molar-refractivity contribution in [3.8, 4) is 0 Å². The van der Waals surface area contributed by atoms with Gasteiger partial charge in [0, 0.05) is 17.2 Å². The number of benzene rings is 1. The number of nitrogens with zero attached hydrogens (tertiary/aromatic N) is 1. The Kier molecular flexibility index (Phi) is 4.43. The molecule has 0 radical (unpaired) electrons. The predicted molar refractivity (Wildman–Crippen MR) is 90.7 cm³/mol. The maximum absolute atomic E-state index is 12.1. The lowest BCUT2D eigenvalue weighted by atomic mass is 9.95. The monoisotopic (exact) mass is 364 g/mol. The van der Waals surface area contributed by atoms with Gasteiger partial charge in [-0.05, 0) is 55.9 Å². The standard InChI is InChI=1S/C17H21BrN2O2/c1-3-22-17(21)14-6-4-5-12-9-11-7-8-13(18)10-15(11)20(2)16(12)19-14/h7-8,10,14,19H,3-6,9H2,1-2H3. The van der Waals surface area contributed by atoms with E-state index in [0.29, 0.717) is 6.61 Å². The van der Waals surface area contributed by atoms with E-state index >= 15 is 0 Å². The van der Waals surface area contributed by atoms with E-state index in [-0.39, 0.29) is 12.0 Å². The summed E-state index contributed by atoms with van der Waals surface area (Å²) in [6.45, 7) is 2.27. The van der Waals surface area contributed by atoms with Crippen LogP contribution in [0.15, 0.2) is 34.1 Å². The molecular weight excluding hydrogens is 344 g/mol. The van der Waals surface area contributed by atoms with Gasteiger partial charge in [-0.15, -0.1) is 0 Å². The van der Waals surface area contributed by atoms with Gasteiger partial charge >= 0.3 is 5.97 Å². The van der Waals surface area contributed by atoms with Crippen LogP contribution in [0.4, 0.5) is 5.69 Å². The van der Waals surface area contributed by atoms with E-state index < -0.39 is 0 Å². The molecule has 0 fully saturated rings. The minimum Gasteiger partial charge on any atom is -0.464 e. The largest absolute Gasteiger partial charge is 0.464 e. The van der Waals surface area contributed by atoms with Gasteiger partial charge in [-0.2, -0.15) is 0 Å². The fourth-order valence-corrected chi connectivity index (χ4v) is 3.60. The summed E-state index contributed by atoms with van der Waals surface area (Å²) >= 11 is 3.54. The Hall–Kier alpha value is -1.49. The van der Waals surface area contributed by atoms with E-state index in [0.717, 1.165) is 36.0 Å². The van der Waals surface area contributed by atoms with Crippen molar-refractivity contribution >= 4 is 27.6 Å². The van der Waals surface area contributed by atoms with E-state index in [1.165, 1.54) is 16.8 Å². The van der Waals surface area contributed by atoms with Crippen LogP contribution < -0.4 is 10.2 Å². The van der Waals surface area contributed by atoms with Gasteiger partial charge < -0.3 is 15.0 Å². The normalized spacial score (nSPS) is 20.7. The molecule has 0 saturated heterocycles. The summed E-state index contributed by atoms with van der Waals surface area (Å²) in [7, 11) is 2.06. The van der Waals surface area contributed by atoms with Gasteiger partial charge in [-0.25, -0.2) is 4.79 Å². The zero-order valence-electron chi connectivity index (χ0n) is 13.0. The number of anilines is 1. The van der Waals surface area contributed by atoms with E-state index in [2.05, 4.69) is 51.4 Å². The first-order valence-electron chi connectivity index (χ1n) is 7.77. The number of nitrogens with one attached hydrogen (secondary N) is 1. The zero-order chi connectivity index (χ0) is 15.7. The van der Waals surface area contributed by atoms with Crippen LogP contribution in [0.3, 0.4) is 0 Å². The van der Waals surface area contributed by atoms with Crippen LogP contribution in [0, 0.1) is 0 Å². The number of esters is 1. The van der Waals surface area contributed by atoms with E-state index in [1.54, 1.807) is 0 Å². The maximum Gasteiger partial charge on any atom is 0.328 e. The summed E-state index contributed by atoms with van der Waals surface area (Å²) in [4.78, 5) is 14.3. The molecular formula is C17H21BrN2O2. The third-order valence-corrected chi connectivity index (χ3v) is 4.83. The Bertz CT molecular complexity index is 627. The minimum absolute atomic E-state index is 0.148. The van der Waals surface area contributed by atoms with Crippen molar-refractivity contribution in [3.63, 3.8) is 0 Å². The van der Waals surface area contributed by atoms with Gasteiger partial charge in [0.25, 0.3) is 0 Å². The van der Waals surface area contributed by atoms with Crippen LogP contribution in [0.1, 0.15) is 31.7 Å². The van der Waals surface area contributed by atoms with Crippen LogP contribution >= 0.6 is 15.9 Å². The Morgan fingerprint density at radius 1 is 1.50 bits per heavy atom. The molecule has 2 aliphatic rings. The lowest BCUT2D eigenvalue weighted by molar-refractivity contribution is -0.145. The van der Waals surface area contributed by atoms with Crippen LogP contribution in [-0.4, -0.2) is 25.7 Å². The molecule has 0 spiro atoms. The van der Waals surface area contributed by atoms with Crippen molar-refractivity contribution in [1.82, 2.24) is 5.32 Å². The topological polar surface area (TPSA) is 41.6 Å². The van der Waals surface area contributed by atoms with E-state index in [1.807, 2.05) is 6.92 Å². The van der Waals surface area contributed by atoms with Crippen molar-refractivity contribution in [2.75, 3.05) is 18.6 Å². The summed E-state index contributed by atoms with van der Waals surface area (Å²) in [5.41, 5.74) is 3.90. The van der Waals surface area contributed by atoms with E-state index in [9.17, 15) is 4.79 Å². The first kappa shape index (κ1) is 15.4. The van der Waals surface area contributed by atoms with Crippen molar-refractivity contribution in [1.29, 1.82) is 0 Å². The summed E-state index contributed by atoms with van der Waals surface area (Å²) in [5, 5.41) is 3.43. The molecule has 1 aromatic carbocycles. The Morgan fingerprint density at radius 2 is 2.32 bits per heavy atom. The maximum atomic E-state index is 12.1. The second kappa shape index (κ2) is 6.32. The molecule has 3 rings (SSSR count). The molecule has 4 nitrogen and oxygen atoms in total. The molecule has 2 aliphatic heterocycles. The number of carbonyl (C=O) groups is 1. The number of ether oxygens (including phenoxy) is 1. The SMILES string of the molecule is CCOC(=O)C1CCCC2=C(N1)N(C)c1cc(Br)ccc1C2. The highest BCUT2D eigenvalue weighted by Crippen LogP contribution is 2.36. The number of hydrogen-bond acceptors (Lipinski definition) is 4. The van der Waals surface area contributed by atoms with Gasteiger partial charge in [0.1, 0.15) is 11.9 Å². The first-order chi connectivity index (χ1) is 10.6. The molecule has 1 aromatic rings. The lowest BCUT2D eigenvalue weighted by Gasteiger charge is -2.33. The number of rotatable bonds is 2. The van der Waals surface area contributed by atoms with Crippen LogP contribution in [0.2, 0.25) is 0 Å². The molecule has 1 atom stereocenters. The molecule has 5 heteroatoms. The zero-order valence-corrected chi connectivity index (χ0v) is 14.6. The fraction of sp³-hybridized carbons (Fsp3) is 0.471. The third kappa shape index (κ3) is 2.86. The summed E-state index contributed by atoms with van der Waals surface area (Å²) in [6, 6.07) is 6.14. The van der Waals surface area contributed by atoms with Crippen molar-refractivity contribution in [2.45, 2.75) is 38.6 Å². The van der Waals surface area contributed by atoms with Crippen molar-refractivity contribution in [2.24, 2.45) is 0 Å². The highest BCUT2D eigenvalue weighted by molar-refractivity contribution is 9.10. The molecule has 0 aliphatic carbocycles. The molecule has 0 amide bonds. The molecule has 22 heavy (non-hydrogen) atoms. The Morgan fingerprint density at radius 3 is 3.09 bits per heavy atom. The molecule has 0 bridgehead atoms. The number of halogens is 1. The van der Waals surface area contributed by atoms with Gasteiger partial charge in [-0.1, -0.05) is 22.0 Å². The minimum atomic E-state index is -0.247.